The van der Waals surface area contributed by atoms with Crippen LogP contribution in [0.4, 0.5) is 5.69 Å². The molecule has 1 aromatic carbocycles. The van der Waals surface area contributed by atoms with E-state index in [9.17, 15) is 9.59 Å². The molecule has 0 spiro atoms. The van der Waals surface area contributed by atoms with Gasteiger partial charge in [-0.3, -0.25) is 9.59 Å². The highest BCUT2D eigenvalue weighted by Crippen LogP contribution is 2.23. The molecule has 0 radical (unpaired) electrons. The molecule has 120 valence electrons. The molecule has 0 aromatic heterocycles. The smallest absolute Gasteiger partial charge is 0.227 e. The SMILES string of the molecule is CC(N)CCC(=O)NC(C)c1ccc(N2CCCC2=O)cc1. The van der Waals surface area contributed by atoms with Gasteiger partial charge in [-0.1, -0.05) is 12.1 Å². The molecule has 0 saturated carbocycles. The molecule has 5 nitrogen and oxygen atoms in total. The highest BCUT2D eigenvalue weighted by Gasteiger charge is 2.21. The van der Waals surface area contributed by atoms with Crippen molar-refractivity contribution in [2.75, 3.05) is 11.4 Å². The summed E-state index contributed by atoms with van der Waals surface area (Å²) in [6, 6.07) is 7.82. The fourth-order valence-electron chi connectivity index (χ4n) is 2.62. The van der Waals surface area contributed by atoms with E-state index in [0.717, 1.165) is 24.2 Å². The lowest BCUT2D eigenvalue weighted by Gasteiger charge is -2.18. The summed E-state index contributed by atoms with van der Waals surface area (Å²) in [7, 11) is 0. The third-order valence-electron chi connectivity index (χ3n) is 3.98. The van der Waals surface area contributed by atoms with Crippen molar-refractivity contribution in [3.05, 3.63) is 29.8 Å². The molecule has 2 rings (SSSR count). The van der Waals surface area contributed by atoms with E-state index in [1.807, 2.05) is 43.0 Å². The molecular weight excluding hydrogens is 278 g/mol. The van der Waals surface area contributed by atoms with Crippen molar-refractivity contribution in [2.24, 2.45) is 5.73 Å². The first-order chi connectivity index (χ1) is 10.5. The summed E-state index contributed by atoms with van der Waals surface area (Å²) in [5, 5.41) is 2.97. The number of carbonyl (C=O) groups excluding carboxylic acids is 2. The molecule has 2 amide bonds. The molecule has 1 aliphatic heterocycles. The summed E-state index contributed by atoms with van der Waals surface area (Å²) in [5.41, 5.74) is 7.62. The number of amides is 2. The van der Waals surface area contributed by atoms with Gasteiger partial charge in [0.05, 0.1) is 6.04 Å². The van der Waals surface area contributed by atoms with E-state index in [1.165, 1.54) is 0 Å². The zero-order valence-corrected chi connectivity index (χ0v) is 13.3. The van der Waals surface area contributed by atoms with Crippen LogP contribution in [0.15, 0.2) is 24.3 Å². The Morgan fingerprint density at radius 1 is 1.32 bits per heavy atom. The van der Waals surface area contributed by atoms with Crippen LogP contribution in [0.5, 0.6) is 0 Å². The summed E-state index contributed by atoms with van der Waals surface area (Å²) in [6.45, 7) is 4.65. The predicted molar refractivity (Wildman–Crippen MR) is 87.5 cm³/mol. The fourth-order valence-corrected chi connectivity index (χ4v) is 2.62. The van der Waals surface area contributed by atoms with E-state index >= 15 is 0 Å². The molecule has 1 fully saturated rings. The van der Waals surface area contributed by atoms with Gasteiger partial charge in [-0.2, -0.15) is 0 Å². The number of nitrogens with one attached hydrogen (secondary N) is 1. The van der Waals surface area contributed by atoms with E-state index in [4.69, 9.17) is 5.73 Å². The summed E-state index contributed by atoms with van der Waals surface area (Å²) in [4.78, 5) is 25.4. The zero-order valence-electron chi connectivity index (χ0n) is 13.3. The fraction of sp³-hybridized carbons (Fsp3) is 0.529. The molecule has 1 aliphatic rings. The standard InChI is InChI=1S/C17H25N3O2/c1-12(18)5-10-16(21)19-13(2)14-6-8-15(9-7-14)20-11-3-4-17(20)22/h6-9,12-13H,3-5,10-11,18H2,1-2H3,(H,19,21). The van der Waals surface area contributed by atoms with Crippen LogP contribution in [0, 0.1) is 0 Å². The van der Waals surface area contributed by atoms with Crippen molar-refractivity contribution in [2.45, 2.75) is 51.6 Å². The Labute approximate surface area is 131 Å². The topological polar surface area (TPSA) is 75.4 Å². The van der Waals surface area contributed by atoms with E-state index in [-0.39, 0.29) is 23.9 Å². The van der Waals surface area contributed by atoms with Gasteiger partial charge in [-0.25, -0.2) is 0 Å². The van der Waals surface area contributed by atoms with Crippen LogP contribution in [0.25, 0.3) is 0 Å². The van der Waals surface area contributed by atoms with E-state index in [0.29, 0.717) is 19.3 Å². The Kier molecular flexibility index (Phi) is 5.55. The van der Waals surface area contributed by atoms with Gasteiger partial charge < -0.3 is 16.0 Å². The van der Waals surface area contributed by atoms with Crippen molar-refractivity contribution in [1.29, 1.82) is 0 Å². The second-order valence-electron chi connectivity index (χ2n) is 6.05. The first-order valence-corrected chi connectivity index (χ1v) is 7.92. The molecule has 1 saturated heterocycles. The van der Waals surface area contributed by atoms with Gasteiger partial charge in [0.15, 0.2) is 0 Å². The number of hydrogen-bond donors (Lipinski definition) is 2. The Morgan fingerprint density at radius 2 is 2.00 bits per heavy atom. The number of nitrogens with zero attached hydrogens (tertiary/aromatic N) is 1. The van der Waals surface area contributed by atoms with Gasteiger partial charge in [0.2, 0.25) is 11.8 Å². The van der Waals surface area contributed by atoms with Gasteiger partial charge in [0, 0.05) is 31.1 Å². The highest BCUT2D eigenvalue weighted by molar-refractivity contribution is 5.95. The van der Waals surface area contributed by atoms with Gasteiger partial charge in [-0.15, -0.1) is 0 Å². The second kappa shape index (κ2) is 7.40. The summed E-state index contributed by atoms with van der Waals surface area (Å²) in [6.07, 6.45) is 2.69. The maximum atomic E-state index is 11.8. The van der Waals surface area contributed by atoms with Gasteiger partial charge in [0.1, 0.15) is 0 Å². The average molecular weight is 303 g/mol. The molecule has 2 unspecified atom stereocenters. The lowest BCUT2D eigenvalue weighted by molar-refractivity contribution is -0.122. The quantitative estimate of drug-likeness (QED) is 0.845. The van der Waals surface area contributed by atoms with E-state index in [2.05, 4.69) is 5.32 Å². The van der Waals surface area contributed by atoms with E-state index < -0.39 is 0 Å². The third kappa shape index (κ3) is 4.31. The minimum absolute atomic E-state index is 0.0172. The van der Waals surface area contributed by atoms with Crippen molar-refractivity contribution in [1.82, 2.24) is 5.32 Å². The summed E-state index contributed by atoms with van der Waals surface area (Å²) >= 11 is 0. The molecule has 22 heavy (non-hydrogen) atoms. The van der Waals surface area contributed by atoms with Crippen LogP contribution in [0.3, 0.4) is 0 Å². The van der Waals surface area contributed by atoms with Gasteiger partial charge >= 0.3 is 0 Å². The molecule has 1 heterocycles. The molecule has 0 bridgehead atoms. The van der Waals surface area contributed by atoms with Crippen molar-refractivity contribution in [3.8, 4) is 0 Å². The Balaban J connectivity index is 1.92. The zero-order chi connectivity index (χ0) is 16.1. The molecule has 3 N–H and O–H groups in total. The maximum Gasteiger partial charge on any atom is 0.227 e. The molecule has 0 aliphatic carbocycles. The molecule has 5 heteroatoms. The number of benzene rings is 1. The van der Waals surface area contributed by atoms with E-state index in [1.54, 1.807) is 0 Å². The summed E-state index contributed by atoms with van der Waals surface area (Å²) in [5.74, 6) is 0.202. The predicted octanol–water partition coefficient (Wildman–Crippen LogP) is 2.12. The van der Waals surface area contributed by atoms with Crippen molar-refractivity contribution >= 4 is 17.5 Å². The normalized spacial score (nSPS) is 17.4. The largest absolute Gasteiger partial charge is 0.350 e. The maximum absolute atomic E-state index is 11.8. The van der Waals surface area contributed by atoms with Crippen LogP contribution in [-0.2, 0) is 9.59 Å². The van der Waals surface area contributed by atoms with Crippen LogP contribution < -0.4 is 16.0 Å². The van der Waals surface area contributed by atoms with Crippen LogP contribution in [0.2, 0.25) is 0 Å². The minimum Gasteiger partial charge on any atom is -0.350 e. The minimum atomic E-state index is -0.0519. The van der Waals surface area contributed by atoms with Crippen LogP contribution >= 0.6 is 0 Å². The number of anilines is 1. The first kappa shape index (κ1) is 16.5. The summed E-state index contributed by atoms with van der Waals surface area (Å²) < 4.78 is 0. The lowest BCUT2D eigenvalue weighted by atomic mass is 10.1. The molecular formula is C17H25N3O2. The first-order valence-electron chi connectivity index (χ1n) is 7.92. The number of carbonyl (C=O) groups is 2. The highest BCUT2D eigenvalue weighted by atomic mass is 16.2. The van der Waals surface area contributed by atoms with Crippen LogP contribution in [0.1, 0.15) is 51.1 Å². The van der Waals surface area contributed by atoms with Crippen molar-refractivity contribution < 1.29 is 9.59 Å². The average Bonchev–Trinajstić information content (AvgIpc) is 2.91. The van der Waals surface area contributed by atoms with Gasteiger partial charge in [-0.05, 0) is 44.4 Å². The number of hydrogen-bond acceptors (Lipinski definition) is 3. The Morgan fingerprint density at radius 3 is 2.55 bits per heavy atom. The van der Waals surface area contributed by atoms with Crippen LogP contribution in [-0.4, -0.2) is 24.4 Å². The Bertz CT molecular complexity index is 525. The number of nitrogens with two attached hydrogens (primary N) is 1. The van der Waals surface area contributed by atoms with Crippen molar-refractivity contribution in [3.63, 3.8) is 0 Å². The lowest BCUT2D eigenvalue weighted by Crippen LogP contribution is -2.28. The third-order valence-corrected chi connectivity index (χ3v) is 3.98. The van der Waals surface area contributed by atoms with Gasteiger partial charge in [0.25, 0.3) is 0 Å². The number of rotatable bonds is 6. The second-order valence-corrected chi connectivity index (χ2v) is 6.05. The monoisotopic (exact) mass is 303 g/mol. The molecule has 1 aromatic rings. The Hall–Kier alpha value is -1.88. The molecule has 2 atom stereocenters.